The fraction of sp³-hybridized carbons (Fsp3) is 0.667. The summed E-state index contributed by atoms with van der Waals surface area (Å²) in [4.78, 5) is 33.6. The van der Waals surface area contributed by atoms with E-state index in [4.69, 9.17) is 4.74 Å². The van der Waals surface area contributed by atoms with E-state index in [0.717, 1.165) is 38.3 Å². The first-order chi connectivity index (χ1) is 15.1. The van der Waals surface area contributed by atoms with Crippen molar-refractivity contribution in [2.45, 2.75) is 52.4 Å². The van der Waals surface area contributed by atoms with Crippen LogP contribution in [0.5, 0.6) is 0 Å². The Labute approximate surface area is 192 Å². The number of amides is 3. The molecule has 32 heavy (non-hydrogen) atoms. The van der Waals surface area contributed by atoms with Crippen LogP contribution in [-0.4, -0.2) is 96.2 Å². The number of piperazine rings is 2. The second-order valence-corrected chi connectivity index (χ2v) is 9.98. The maximum atomic E-state index is 12.8. The summed E-state index contributed by atoms with van der Waals surface area (Å²) in [5, 5.41) is 3.08. The smallest absolute Gasteiger partial charge is 0.410 e. The second-order valence-electron chi connectivity index (χ2n) is 9.98. The van der Waals surface area contributed by atoms with E-state index in [-0.39, 0.29) is 18.2 Å². The van der Waals surface area contributed by atoms with E-state index < -0.39 is 5.60 Å². The van der Waals surface area contributed by atoms with E-state index in [1.54, 1.807) is 9.80 Å². The van der Waals surface area contributed by atoms with E-state index >= 15 is 0 Å². The van der Waals surface area contributed by atoms with Gasteiger partial charge in [0.1, 0.15) is 5.60 Å². The van der Waals surface area contributed by atoms with Gasteiger partial charge in [0.25, 0.3) is 0 Å². The minimum absolute atomic E-state index is 0.0879. The third-order valence-electron chi connectivity index (χ3n) is 6.08. The summed E-state index contributed by atoms with van der Waals surface area (Å²) in [6.07, 6.45) is -0.317. The molecule has 0 aromatic heterocycles. The van der Waals surface area contributed by atoms with Gasteiger partial charge in [-0.05, 0) is 45.9 Å². The van der Waals surface area contributed by atoms with Crippen LogP contribution in [0, 0.1) is 0 Å². The Morgan fingerprint density at radius 1 is 1.03 bits per heavy atom. The Hall–Kier alpha value is -2.32. The zero-order valence-corrected chi connectivity index (χ0v) is 20.3. The molecule has 0 bridgehead atoms. The summed E-state index contributed by atoms with van der Waals surface area (Å²) >= 11 is 0. The fourth-order valence-corrected chi connectivity index (χ4v) is 4.15. The summed E-state index contributed by atoms with van der Waals surface area (Å²) in [5.41, 5.74) is 1.89. The normalized spacial score (nSPS) is 20.8. The molecular formula is C24H39N5O3. The summed E-state index contributed by atoms with van der Waals surface area (Å²) in [5.74, 6) is 0. The Kier molecular flexibility index (Phi) is 8.00. The summed E-state index contributed by atoms with van der Waals surface area (Å²) in [7, 11) is 2.16. The largest absolute Gasteiger partial charge is 0.444 e. The highest BCUT2D eigenvalue weighted by Gasteiger charge is 2.32. The van der Waals surface area contributed by atoms with Gasteiger partial charge < -0.3 is 24.8 Å². The summed E-state index contributed by atoms with van der Waals surface area (Å²) in [6, 6.07) is 8.16. The molecule has 2 saturated heterocycles. The maximum Gasteiger partial charge on any atom is 0.410 e. The van der Waals surface area contributed by atoms with Crippen molar-refractivity contribution in [3.8, 4) is 0 Å². The molecule has 2 fully saturated rings. The molecule has 1 atom stereocenters. The molecule has 1 aromatic carbocycles. The second kappa shape index (κ2) is 10.5. The van der Waals surface area contributed by atoms with Crippen molar-refractivity contribution in [2.24, 2.45) is 0 Å². The average Bonchev–Trinajstić information content (AvgIpc) is 2.73. The van der Waals surface area contributed by atoms with Gasteiger partial charge in [0.15, 0.2) is 0 Å². The Bertz CT molecular complexity index is 786. The molecule has 0 unspecified atom stereocenters. The number of urea groups is 1. The molecule has 8 heteroatoms. The highest BCUT2D eigenvalue weighted by Crippen LogP contribution is 2.17. The third-order valence-corrected chi connectivity index (χ3v) is 6.08. The molecule has 3 amide bonds. The number of hydrogen-bond donors (Lipinski definition) is 1. The van der Waals surface area contributed by atoms with Crippen LogP contribution >= 0.6 is 0 Å². The van der Waals surface area contributed by atoms with Gasteiger partial charge in [0.05, 0.1) is 0 Å². The van der Waals surface area contributed by atoms with Crippen LogP contribution in [0.1, 0.15) is 38.8 Å². The van der Waals surface area contributed by atoms with Crippen molar-refractivity contribution < 1.29 is 14.3 Å². The Morgan fingerprint density at radius 3 is 2.31 bits per heavy atom. The number of likely N-dealkylation sites (N-methyl/N-ethyl adjacent to an activating group) is 1. The van der Waals surface area contributed by atoms with Crippen LogP contribution in [0.2, 0.25) is 0 Å². The van der Waals surface area contributed by atoms with Crippen molar-refractivity contribution in [3.63, 3.8) is 0 Å². The van der Waals surface area contributed by atoms with Crippen molar-refractivity contribution in [1.29, 1.82) is 0 Å². The zero-order chi connectivity index (χ0) is 23.3. The highest BCUT2D eigenvalue weighted by molar-refractivity contribution is 5.75. The van der Waals surface area contributed by atoms with Gasteiger partial charge in [-0.15, -0.1) is 0 Å². The van der Waals surface area contributed by atoms with Crippen LogP contribution in [0.25, 0.3) is 0 Å². The lowest BCUT2D eigenvalue weighted by atomic mass is 10.1. The third kappa shape index (κ3) is 6.84. The number of benzene rings is 1. The summed E-state index contributed by atoms with van der Waals surface area (Å²) in [6.45, 7) is 14.7. The number of hydrogen-bond acceptors (Lipinski definition) is 5. The number of carbonyl (C=O) groups excluding carboxylic acids is 2. The molecule has 3 rings (SSSR count). The Balaban J connectivity index is 1.51. The average molecular weight is 446 g/mol. The van der Waals surface area contributed by atoms with Crippen molar-refractivity contribution in [3.05, 3.63) is 35.4 Å². The van der Waals surface area contributed by atoms with E-state index in [9.17, 15) is 9.59 Å². The van der Waals surface area contributed by atoms with Crippen molar-refractivity contribution in [2.75, 3.05) is 52.9 Å². The minimum Gasteiger partial charge on any atom is -0.444 e. The van der Waals surface area contributed by atoms with Gasteiger partial charge in [-0.1, -0.05) is 24.3 Å². The highest BCUT2D eigenvalue weighted by atomic mass is 16.6. The Morgan fingerprint density at radius 2 is 1.69 bits per heavy atom. The number of nitrogens with zero attached hydrogens (tertiary/aromatic N) is 4. The van der Waals surface area contributed by atoms with E-state index in [1.165, 1.54) is 5.56 Å². The van der Waals surface area contributed by atoms with Crippen LogP contribution in [0.3, 0.4) is 0 Å². The molecule has 0 aliphatic carbocycles. The number of rotatable bonds is 4. The van der Waals surface area contributed by atoms with E-state index in [1.807, 2.05) is 33.8 Å². The molecule has 2 aliphatic rings. The molecule has 0 spiro atoms. The molecule has 1 N–H and O–H groups in total. The van der Waals surface area contributed by atoms with Crippen molar-refractivity contribution >= 4 is 12.1 Å². The maximum absolute atomic E-state index is 12.8. The lowest BCUT2D eigenvalue weighted by Crippen LogP contribution is -2.57. The lowest BCUT2D eigenvalue weighted by Gasteiger charge is -2.40. The standard InChI is InChI=1S/C24H39N5O3/c1-19-17-28(14-15-29(19)23(31)32-24(2,3)4)22(30)25-16-20-8-6-7-9-21(20)18-27-12-10-26(5)11-13-27/h6-9,19H,10-18H2,1-5H3,(H,25,30)/t19-/m1/s1. The van der Waals surface area contributed by atoms with Crippen molar-refractivity contribution in [1.82, 2.24) is 24.9 Å². The van der Waals surface area contributed by atoms with Gasteiger partial charge in [-0.2, -0.15) is 0 Å². The predicted molar refractivity (Wildman–Crippen MR) is 125 cm³/mol. The van der Waals surface area contributed by atoms with Gasteiger partial charge in [-0.3, -0.25) is 4.90 Å². The van der Waals surface area contributed by atoms with Crippen LogP contribution in [-0.2, 0) is 17.8 Å². The fourth-order valence-electron chi connectivity index (χ4n) is 4.15. The number of carbonyl (C=O) groups is 2. The predicted octanol–water partition coefficient (Wildman–Crippen LogP) is 2.58. The number of ether oxygens (including phenoxy) is 1. The lowest BCUT2D eigenvalue weighted by molar-refractivity contribution is 0.00532. The monoisotopic (exact) mass is 445 g/mol. The molecule has 2 heterocycles. The van der Waals surface area contributed by atoms with Gasteiger partial charge >= 0.3 is 12.1 Å². The molecule has 0 saturated carbocycles. The van der Waals surface area contributed by atoms with Crippen LogP contribution < -0.4 is 5.32 Å². The molecule has 178 valence electrons. The first kappa shape index (κ1) is 24.3. The number of nitrogens with one attached hydrogen (secondary N) is 1. The molecular weight excluding hydrogens is 406 g/mol. The van der Waals surface area contributed by atoms with Crippen LogP contribution in [0.4, 0.5) is 9.59 Å². The quantitative estimate of drug-likeness (QED) is 0.772. The van der Waals surface area contributed by atoms with Gasteiger partial charge in [-0.25, -0.2) is 9.59 Å². The van der Waals surface area contributed by atoms with Gasteiger partial charge in [0, 0.05) is 64.9 Å². The summed E-state index contributed by atoms with van der Waals surface area (Å²) < 4.78 is 5.49. The molecule has 2 aliphatic heterocycles. The zero-order valence-electron chi connectivity index (χ0n) is 20.3. The van der Waals surface area contributed by atoms with E-state index in [2.05, 4.69) is 40.4 Å². The molecule has 8 nitrogen and oxygen atoms in total. The SMILES string of the molecule is C[C@@H]1CN(C(=O)NCc2ccccc2CN2CCN(C)CC2)CCN1C(=O)OC(C)(C)C. The minimum atomic E-state index is -0.525. The topological polar surface area (TPSA) is 68.4 Å². The van der Waals surface area contributed by atoms with E-state index in [0.29, 0.717) is 26.2 Å². The molecule has 0 radical (unpaired) electrons. The van der Waals surface area contributed by atoms with Crippen LogP contribution in [0.15, 0.2) is 24.3 Å². The van der Waals surface area contributed by atoms with Gasteiger partial charge in [0.2, 0.25) is 0 Å². The first-order valence-corrected chi connectivity index (χ1v) is 11.6. The molecule has 1 aromatic rings. The first-order valence-electron chi connectivity index (χ1n) is 11.6.